The maximum Gasteiger partial charge on any atom is 0.0693 e. The van der Waals surface area contributed by atoms with Gasteiger partial charge in [-0.3, -0.25) is 0 Å². The fourth-order valence-electron chi connectivity index (χ4n) is 1.05. The summed E-state index contributed by atoms with van der Waals surface area (Å²) in [6.45, 7) is 0. The molecule has 0 aromatic heterocycles. The summed E-state index contributed by atoms with van der Waals surface area (Å²) in [4.78, 5) is 0. The fourth-order valence-corrected chi connectivity index (χ4v) is 3.38. The third kappa shape index (κ3) is 3.44. The zero-order valence-electron chi connectivity index (χ0n) is 6.31. The Labute approximate surface area is 135 Å². The standard InChI is InChI=1S/C6H6Cl6.La/c7-1-2(8)4(10)6(12)5(11)3(1)9;/h1-6H;. The van der Waals surface area contributed by atoms with Crippen LogP contribution in [0.15, 0.2) is 0 Å². The Balaban J connectivity index is 0.00000144. The van der Waals surface area contributed by atoms with Crippen LogP contribution in [-0.2, 0) is 0 Å². The van der Waals surface area contributed by atoms with Crippen molar-refractivity contribution in [1.82, 2.24) is 0 Å². The summed E-state index contributed by atoms with van der Waals surface area (Å²) in [5, 5.41) is -2.62. The van der Waals surface area contributed by atoms with Crippen molar-refractivity contribution in [2.24, 2.45) is 0 Å². The molecule has 1 saturated carbocycles. The predicted octanol–water partition coefficient (Wildman–Crippen LogP) is 3.64. The van der Waals surface area contributed by atoms with E-state index in [2.05, 4.69) is 0 Å². The summed E-state index contributed by atoms with van der Waals surface area (Å²) in [5.74, 6) is 0. The van der Waals surface area contributed by atoms with Gasteiger partial charge in [-0.05, 0) is 0 Å². The molecule has 1 aliphatic carbocycles. The van der Waals surface area contributed by atoms with Gasteiger partial charge in [0.2, 0.25) is 0 Å². The molecule has 1 aliphatic rings. The van der Waals surface area contributed by atoms with Crippen LogP contribution in [0.2, 0.25) is 0 Å². The Morgan fingerprint density at radius 2 is 0.462 bits per heavy atom. The molecule has 1 rings (SSSR count). The number of halogens is 6. The van der Waals surface area contributed by atoms with Crippen LogP contribution < -0.4 is 0 Å². The van der Waals surface area contributed by atoms with E-state index in [1.807, 2.05) is 0 Å². The van der Waals surface area contributed by atoms with Crippen molar-refractivity contribution in [2.75, 3.05) is 0 Å². The first-order valence-electron chi connectivity index (χ1n) is 3.31. The first-order valence-corrected chi connectivity index (χ1v) is 5.93. The van der Waals surface area contributed by atoms with E-state index < -0.39 is 32.3 Å². The first-order chi connectivity index (χ1) is 5.46. The zero-order valence-corrected chi connectivity index (χ0v) is 14.5. The normalized spacial score (nSPS) is 51.2. The summed E-state index contributed by atoms with van der Waals surface area (Å²) in [6.07, 6.45) is 0. The van der Waals surface area contributed by atoms with Gasteiger partial charge in [0, 0.05) is 35.6 Å². The van der Waals surface area contributed by atoms with E-state index in [4.69, 9.17) is 69.6 Å². The third-order valence-corrected chi connectivity index (χ3v) is 5.86. The van der Waals surface area contributed by atoms with Gasteiger partial charge in [-0.25, -0.2) is 0 Å². The molecule has 75 valence electrons. The van der Waals surface area contributed by atoms with Crippen molar-refractivity contribution in [3.05, 3.63) is 0 Å². The smallest absolute Gasteiger partial charge is 0.0693 e. The minimum absolute atomic E-state index is 0. The second-order valence-corrected chi connectivity index (χ2v) is 5.69. The number of hydrogen-bond acceptors (Lipinski definition) is 0. The summed E-state index contributed by atoms with van der Waals surface area (Å²) in [5.41, 5.74) is 0. The van der Waals surface area contributed by atoms with E-state index in [-0.39, 0.29) is 35.6 Å². The van der Waals surface area contributed by atoms with E-state index in [0.717, 1.165) is 0 Å². The molecule has 0 aromatic carbocycles. The average Bonchev–Trinajstić information content (AvgIpc) is 2.08. The average molecular weight is 430 g/mol. The quantitative estimate of drug-likeness (QED) is 0.516. The van der Waals surface area contributed by atoms with Gasteiger partial charge in [0.05, 0.1) is 32.3 Å². The van der Waals surface area contributed by atoms with E-state index in [1.54, 1.807) is 0 Å². The van der Waals surface area contributed by atoms with E-state index in [1.165, 1.54) is 0 Å². The summed E-state index contributed by atoms with van der Waals surface area (Å²) >= 11 is 35.3. The molecule has 0 aromatic rings. The molecule has 0 heterocycles. The largest absolute Gasteiger partial charge is 0.120 e. The molecular formula is C6H6Cl6La. The zero-order chi connectivity index (χ0) is 9.46. The van der Waals surface area contributed by atoms with Crippen molar-refractivity contribution in [3.63, 3.8) is 0 Å². The molecule has 0 spiro atoms. The second kappa shape index (κ2) is 6.62. The molecular weight excluding hydrogens is 424 g/mol. The van der Waals surface area contributed by atoms with E-state index in [0.29, 0.717) is 0 Å². The van der Waals surface area contributed by atoms with Crippen molar-refractivity contribution in [2.45, 2.75) is 32.3 Å². The summed E-state index contributed by atoms with van der Waals surface area (Å²) in [7, 11) is 0. The monoisotopic (exact) mass is 427 g/mol. The second-order valence-electron chi connectivity index (χ2n) is 2.67. The van der Waals surface area contributed by atoms with Crippen molar-refractivity contribution < 1.29 is 35.6 Å². The number of alkyl halides is 6. The van der Waals surface area contributed by atoms with Crippen LogP contribution in [0.4, 0.5) is 0 Å². The van der Waals surface area contributed by atoms with Gasteiger partial charge < -0.3 is 0 Å². The molecule has 0 nitrogen and oxygen atoms in total. The Bertz CT molecular complexity index is 109. The Morgan fingerprint density at radius 1 is 0.385 bits per heavy atom. The SMILES string of the molecule is ClC1C(Cl)C(Cl)C(Cl)C(Cl)C1Cl.[La]. The molecule has 0 unspecified atom stereocenters. The fraction of sp³-hybridized carbons (Fsp3) is 1.00. The van der Waals surface area contributed by atoms with Gasteiger partial charge in [-0.15, -0.1) is 69.6 Å². The molecule has 13 heavy (non-hydrogen) atoms. The van der Waals surface area contributed by atoms with Crippen LogP contribution in [0.3, 0.4) is 0 Å². The molecule has 0 amide bonds. The molecule has 0 aliphatic heterocycles. The van der Waals surface area contributed by atoms with Gasteiger partial charge in [0.15, 0.2) is 0 Å². The van der Waals surface area contributed by atoms with Crippen LogP contribution in [0.1, 0.15) is 0 Å². The predicted molar refractivity (Wildman–Crippen MR) is 57.8 cm³/mol. The van der Waals surface area contributed by atoms with Crippen LogP contribution in [0, 0.1) is 35.6 Å². The molecule has 0 N–H and O–H groups in total. The Morgan fingerprint density at radius 3 is 0.538 bits per heavy atom. The molecule has 1 fully saturated rings. The van der Waals surface area contributed by atoms with E-state index >= 15 is 0 Å². The Hall–Kier alpha value is 2.93. The van der Waals surface area contributed by atoms with Crippen LogP contribution in [0.5, 0.6) is 0 Å². The molecule has 7 heteroatoms. The minimum atomic E-state index is -0.437. The first kappa shape index (κ1) is 15.9. The number of hydrogen-bond donors (Lipinski definition) is 0. The maximum absolute atomic E-state index is 5.88. The minimum Gasteiger partial charge on any atom is -0.120 e. The molecule has 0 atom stereocenters. The van der Waals surface area contributed by atoms with Crippen molar-refractivity contribution in [1.29, 1.82) is 0 Å². The number of rotatable bonds is 0. The summed E-state index contributed by atoms with van der Waals surface area (Å²) < 4.78 is 0. The third-order valence-electron chi connectivity index (χ3n) is 1.83. The van der Waals surface area contributed by atoms with Gasteiger partial charge in [0.1, 0.15) is 0 Å². The van der Waals surface area contributed by atoms with Crippen LogP contribution >= 0.6 is 69.6 Å². The summed E-state index contributed by atoms with van der Waals surface area (Å²) in [6, 6.07) is 0. The van der Waals surface area contributed by atoms with E-state index in [9.17, 15) is 0 Å². The van der Waals surface area contributed by atoms with Gasteiger partial charge in [-0.1, -0.05) is 0 Å². The van der Waals surface area contributed by atoms with Crippen LogP contribution in [-0.4, -0.2) is 32.3 Å². The molecule has 0 bridgehead atoms. The van der Waals surface area contributed by atoms with Crippen molar-refractivity contribution >= 4 is 69.6 Å². The van der Waals surface area contributed by atoms with Crippen molar-refractivity contribution in [3.8, 4) is 0 Å². The Kier molecular flexibility index (Phi) is 8.11. The molecule has 1 radical (unpaired) electrons. The maximum atomic E-state index is 5.88. The van der Waals surface area contributed by atoms with Gasteiger partial charge in [0.25, 0.3) is 0 Å². The topological polar surface area (TPSA) is 0 Å². The van der Waals surface area contributed by atoms with Gasteiger partial charge in [-0.2, -0.15) is 0 Å². The van der Waals surface area contributed by atoms with Crippen LogP contribution in [0.25, 0.3) is 0 Å². The molecule has 0 saturated heterocycles. The van der Waals surface area contributed by atoms with Gasteiger partial charge >= 0.3 is 0 Å².